The van der Waals surface area contributed by atoms with E-state index in [1.165, 1.54) is 20.1 Å². The van der Waals surface area contributed by atoms with Crippen LogP contribution in [0, 0.1) is 13.8 Å². The number of carbonyl (C=O) groups excluding carboxylic acids is 1. The molecule has 0 radical (unpaired) electrons. The molecule has 37 heavy (non-hydrogen) atoms. The molecule has 0 unspecified atom stereocenters. The van der Waals surface area contributed by atoms with Gasteiger partial charge in [0.15, 0.2) is 11.9 Å². The Labute approximate surface area is 214 Å². The quantitative estimate of drug-likeness (QED) is 0.279. The Kier molecular flexibility index (Phi) is 7.57. The van der Waals surface area contributed by atoms with Crippen LogP contribution in [-0.2, 0) is 11.4 Å². The zero-order valence-corrected chi connectivity index (χ0v) is 21.0. The summed E-state index contributed by atoms with van der Waals surface area (Å²) in [4.78, 5) is 29.2. The number of ketones is 1. The maximum Gasteiger partial charge on any atom is 0.344 e. The second kappa shape index (κ2) is 11.0. The van der Waals surface area contributed by atoms with Crippen LogP contribution in [0.3, 0.4) is 0 Å². The van der Waals surface area contributed by atoms with Crippen molar-refractivity contribution in [3.63, 3.8) is 0 Å². The standard InChI is InChI=1S/C29H27NO7/c1-17-14-23(34-4)15-25(36-19(3)29(32)33)26(17)27(31)20-10-12-22(13-11-20)35-16-24-18(2)37-28(30-24)21-8-6-5-7-9-21/h5-15,19H,16H2,1-4H3,(H,32,33)/t19-/m1/s1. The van der Waals surface area contributed by atoms with Crippen molar-refractivity contribution in [1.29, 1.82) is 0 Å². The fourth-order valence-electron chi connectivity index (χ4n) is 3.73. The van der Waals surface area contributed by atoms with Gasteiger partial charge >= 0.3 is 5.97 Å². The fraction of sp³-hybridized carbons (Fsp3) is 0.207. The highest BCUT2D eigenvalue weighted by atomic mass is 16.5. The van der Waals surface area contributed by atoms with Gasteiger partial charge in [-0.1, -0.05) is 18.2 Å². The molecule has 3 aromatic carbocycles. The largest absolute Gasteiger partial charge is 0.497 e. The number of hydrogen-bond donors (Lipinski definition) is 1. The van der Waals surface area contributed by atoms with E-state index in [2.05, 4.69) is 4.98 Å². The number of carboxylic acids is 1. The number of ether oxygens (including phenoxy) is 3. The number of methoxy groups -OCH3 is 1. The van der Waals surface area contributed by atoms with Gasteiger partial charge in [-0.05, 0) is 68.8 Å². The normalized spacial score (nSPS) is 11.6. The first kappa shape index (κ1) is 25.5. The maximum atomic E-state index is 13.4. The monoisotopic (exact) mass is 501 g/mol. The number of aryl methyl sites for hydroxylation is 2. The second-order valence-electron chi connectivity index (χ2n) is 8.45. The molecule has 1 N–H and O–H groups in total. The summed E-state index contributed by atoms with van der Waals surface area (Å²) in [5, 5.41) is 9.26. The third kappa shape index (κ3) is 5.81. The van der Waals surface area contributed by atoms with E-state index in [0.717, 1.165) is 5.56 Å². The van der Waals surface area contributed by atoms with Gasteiger partial charge in [0.05, 0.1) is 12.7 Å². The molecule has 0 amide bonds. The number of carboxylic acid groups (broad SMARTS) is 1. The zero-order chi connectivity index (χ0) is 26.5. The molecular weight excluding hydrogens is 474 g/mol. The summed E-state index contributed by atoms with van der Waals surface area (Å²) >= 11 is 0. The molecule has 0 fully saturated rings. The van der Waals surface area contributed by atoms with Crippen molar-refractivity contribution >= 4 is 11.8 Å². The fourth-order valence-corrected chi connectivity index (χ4v) is 3.73. The van der Waals surface area contributed by atoms with Gasteiger partial charge in [-0.15, -0.1) is 0 Å². The van der Waals surface area contributed by atoms with Crippen LogP contribution in [0.5, 0.6) is 17.2 Å². The molecule has 190 valence electrons. The summed E-state index contributed by atoms with van der Waals surface area (Å²) in [6.07, 6.45) is -1.14. The Morgan fingerprint density at radius 3 is 2.35 bits per heavy atom. The predicted molar refractivity (Wildman–Crippen MR) is 136 cm³/mol. The molecule has 0 aliphatic heterocycles. The molecule has 1 heterocycles. The highest BCUT2D eigenvalue weighted by molar-refractivity contribution is 6.11. The van der Waals surface area contributed by atoms with Crippen LogP contribution in [0.25, 0.3) is 11.5 Å². The van der Waals surface area contributed by atoms with Crippen molar-refractivity contribution in [3.8, 4) is 28.7 Å². The Bertz CT molecular complexity index is 1410. The minimum Gasteiger partial charge on any atom is -0.497 e. The van der Waals surface area contributed by atoms with Crippen LogP contribution < -0.4 is 14.2 Å². The van der Waals surface area contributed by atoms with Crippen molar-refractivity contribution in [1.82, 2.24) is 4.98 Å². The summed E-state index contributed by atoms with van der Waals surface area (Å²) < 4.78 is 22.5. The third-order valence-electron chi connectivity index (χ3n) is 5.79. The molecule has 4 rings (SSSR count). The summed E-state index contributed by atoms with van der Waals surface area (Å²) in [5.41, 5.74) is 2.84. The van der Waals surface area contributed by atoms with Gasteiger partial charge in [0, 0.05) is 17.2 Å². The molecule has 4 aromatic rings. The van der Waals surface area contributed by atoms with Gasteiger partial charge in [0.1, 0.15) is 35.3 Å². The van der Waals surface area contributed by atoms with Gasteiger partial charge in [0.25, 0.3) is 0 Å². The van der Waals surface area contributed by atoms with E-state index in [4.69, 9.17) is 18.6 Å². The van der Waals surface area contributed by atoms with E-state index in [-0.39, 0.29) is 23.7 Å². The van der Waals surface area contributed by atoms with E-state index in [1.54, 1.807) is 37.3 Å². The van der Waals surface area contributed by atoms with E-state index in [1.807, 2.05) is 37.3 Å². The number of aromatic nitrogens is 1. The number of nitrogens with zero attached hydrogens (tertiary/aromatic N) is 1. The molecule has 0 aliphatic rings. The lowest BCUT2D eigenvalue weighted by atomic mass is 9.97. The van der Waals surface area contributed by atoms with Crippen molar-refractivity contribution in [2.24, 2.45) is 0 Å². The molecule has 8 nitrogen and oxygen atoms in total. The molecule has 0 saturated carbocycles. The van der Waals surface area contributed by atoms with E-state index in [9.17, 15) is 14.7 Å². The van der Waals surface area contributed by atoms with Crippen molar-refractivity contribution in [2.75, 3.05) is 7.11 Å². The van der Waals surface area contributed by atoms with Gasteiger partial charge < -0.3 is 23.7 Å². The number of carbonyl (C=O) groups is 2. The van der Waals surface area contributed by atoms with Crippen LogP contribution in [0.1, 0.15) is 39.9 Å². The lowest BCUT2D eigenvalue weighted by molar-refractivity contribution is -0.144. The van der Waals surface area contributed by atoms with Crippen LogP contribution >= 0.6 is 0 Å². The SMILES string of the molecule is COc1cc(C)c(C(=O)c2ccc(OCc3nc(-c4ccccc4)oc3C)cc2)c(O[C@H](C)C(=O)O)c1. The molecule has 8 heteroatoms. The van der Waals surface area contributed by atoms with Crippen LogP contribution in [-0.4, -0.2) is 35.1 Å². The molecule has 0 spiro atoms. The van der Waals surface area contributed by atoms with Crippen LogP contribution in [0.4, 0.5) is 0 Å². The van der Waals surface area contributed by atoms with Crippen molar-refractivity contribution in [3.05, 3.63) is 94.9 Å². The number of oxazole rings is 1. The van der Waals surface area contributed by atoms with Crippen molar-refractivity contribution in [2.45, 2.75) is 33.5 Å². The first-order valence-electron chi connectivity index (χ1n) is 11.6. The molecule has 1 atom stereocenters. The number of aliphatic carboxylic acids is 1. The minimum absolute atomic E-state index is 0.146. The Morgan fingerprint density at radius 1 is 1.00 bits per heavy atom. The third-order valence-corrected chi connectivity index (χ3v) is 5.79. The predicted octanol–water partition coefficient (Wildman–Crippen LogP) is 5.63. The van der Waals surface area contributed by atoms with Gasteiger partial charge in [-0.3, -0.25) is 4.79 Å². The maximum absolute atomic E-state index is 13.4. The van der Waals surface area contributed by atoms with Crippen LogP contribution in [0.2, 0.25) is 0 Å². The Balaban J connectivity index is 1.51. The smallest absolute Gasteiger partial charge is 0.344 e. The zero-order valence-electron chi connectivity index (χ0n) is 21.0. The Hall–Kier alpha value is -4.59. The van der Waals surface area contributed by atoms with Gasteiger partial charge in [0.2, 0.25) is 5.89 Å². The Morgan fingerprint density at radius 2 is 1.70 bits per heavy atom. The first-order chi connectivity index (χ1) is 17.8. The molecule has 0 bridgehead atoms. The number of hydrogen-bond acceptors (Lipinski definition) is 7. The highest BCUT2D eigenvalue weighted by Gasteiger charge is 2.23. The molecule has 1 aromatic heterocycles. The minimum atomic E-state index is -1.14. The van der Waals surface area contributed by atoms with E-state index < -0.39 is 12.1 Å². The van der Waals surface area contributed by atoms with Crippen LogP contribution in [0.15, 0.2) is 71.1 Å². The lowest BCUT2D eigenvalue weighted by Gasteiger charge is -2.17. The summed E-state index contributed by atoms with van der Waals surface area (Å²) in [7, 11) is 1.49. The average molecular weight is 502 g/mol. The lowest BCUT2D eigenvalue weighted by Crippen LogP contribution is -2.24. The average Bonchev–Trinajstić information content (AvgIpc) is 3.28. The van der Waals surface area contributed by atoms with Gasteiger partial charge in [-0.25, -0.2) is 9.78 Å². The van der Waals surface area contributed by atoms with E-state index in [0.29, 0.717) is 40.0 Å². The van der Waals surface area contributed by atoms with Gasteiger partial charge in [-0.2, -0.15) is 0 Å². The summed E-state index contributed by atoms with van der Waals surface area (Å²) in [6.45, 7) is 5.19. The molecular formula is C29H27NO7. The molecule has 0 aliphatic carbocycles. The van der Waals surface area contributed by atoms with Crippen molar-refractivity contribution < 1.29 is 33.3 Å². The second-order valence-corrected chi connectivity index (χ2v) is 8.45. The molecule has 0 saturated heterocycles. The number of rotatable bonds is 10. The summed E-state index contributed by atoms with van der Waals surface area (Å²) in [6, 6.07) is 19.5. The van der Waals surface area contributed by atoms with E-state index >= 15 is 0 Å². The topological polar surface area (TPSA) is 108 Å². The highest BCUT2D eigenvalue weighted by Crippen LogP contribution is 2.32. The first-order valence-corrected chi connectivity index (χ1v) is 11.6. The number of benzene rings is 3. The summed E-state index contributed by atoms with van der Waals surface area (Å²) in [5.74, 6) is 0.920.